The van der Waals surface area contributed by atoms with Gasteiger partial charge in [0.2, 0.25) is 0 Å². The van der Waals surface area contributed by atoms with Crippen LogP contribution < -0.4 is 0 Å². The first-order valence-electron chi connectivity index (χ1n) is 8.70. The number of halogens is 8. The van der Waals surface area contributed by atoms with Crippen LogP contribution in [0, 0.1) is 11.6 Å². The fourth-order valence-electron chi connectivity index (χ4n) is 3.79. The minimum absolute atomic E-state index is 0.236. The average Bonchev–Trinajstić information content (AvgIpc) is 2.61. The first-order valence-corrected chi connectivity index (χ1v) is 8.70. The van der Waals surface area contributed by atoms with Gasteiger partial charge in [-0.1, -0.05) is 12.1 Å². The van der Waals surface area contributed by atoms with Crippen LogP contribution in [0.3, 0.4) is 0 Å². The van der Waals surface area contributed by atoms with Crippen LogP contribution in [0.2, 0.25) is 0 Å². The van der Waals surface area contributed by atoms with Crippen molar-refractivity contribution in [3.05, 3.63) is 70.3 Å². The van der Waals surface area contributed by atoms with E-state index in [0.29, 0.717) is 36.8 Å². The largest absolute Gasteiger partial charge is 0.419 e. The van der Waals surface area contributed by atoms with Crippen LogP contribution in [0.1, 0.15) is 59.8 Å². The summed E-state index contributed by atoms with van der Waals surface area (Å²) in [6.07, 6.45) is -7.78. The first kappa shape index (κ1) is 20.6. The van der Waals surface area contributed by atoms with Crippen molar-refractivity contribution >= 4 is 0 Å². The van der Waals surface area contributed by atoms with Crippen molar-refractivity contribution in [3.8, 4) is 0 Å². The molecule has 28 heavy (non-hydrogen) atoms. The van der Waals surface area contributed by atoms with Crippen molar-refractivity contribution in [2.45, 2.75) is 49.9 Å². The third-order valence-electron chi connectivity index (χ3n) is 5.26. The van der Waals surface area contributed by atoms with Gasteiger partial charge < -0.3 is 0 Å². The highest BCUT2D eigenvalue weighted by atomic mass is 19.4. The molecule has 0 spiro atoms. The Kier molecular flexibility index (Phi) is 5.42. The molecule has 0 aliphatic heterocycles. The van der Waals surface area contributed by atoms with E-state index in [1.165, 1.54) is 12.1 Å². The predicted octanol–water partition coefficient (Wildman–Crippen LogP) is 7.44. The number of hydrogen-bond donors (Lipinski definition) is 0. The van der Waals surface area contributed by atoms with E-state index in [4.69, 9.17) is 0 Å². The van der Waals surface area contributed by atoms with Crippen LogP contribution in [0.25, 0.3) is 0 Å². The Morgan fingerprint density at radius 2 is 0.893 bits per heavy atom. The van der Waals surface area contributed by atoms with Crippen LogP contribution in [-0.2, 0) is 12.4 Å². The van der Waals surface area contributed by atoms with Gasteiger partial charge in [0, 0.05) is 0 Å². The highest BCUT2D eigenvalue weighted by molar-refractivity contribution is 5.32. The molecule has 152 valence electrons. The molecule has 8 heteroatoms. The third-order valence-corrected chi connectivity index (χ3v) is 5.26. The normalized spacial score (nSPS) is 21.0. The van der Waals surface area contributed by atoms with Crippen LogP contribution in [0.15, 0.2) is 36.4 Å². The zero-order chi connectivity index (χ0) is 20.7. The highest BCUT2D eigenvalue weighted by Gasteiger charge is 2.36. The van der Waals surface area contributed by atoms with E-state index in [9.17, 15) is 35.1 Å². The molecule has 3 rings (SSSR count). The van der Waals surface area contributed by atoms with Crippen LogP contribution >= 0.6 is 0 Å². The van der Waals surface area contributed by atoms with E-state index in [2.05, 4.69) is 0 Å². The second-order valence-corrected chi connectivity index (χ2v) is 7.02. The summed E-state index contributed by atoms with van der Waals surface area (Å²) in [6, 6.07) is 5.82. The van der Waals surface area contributed by atoms with Crippen LogP contribution in [-0.4, -0.2) is 0 Å². The van der Waals surface area contributed by atoms with Crippen LogP contribution in [0.5, 0.6) is 0 Å². The van der Waals surface area contributed by atoms with Crippen LogP contribution in [0.4, 0.5) is 35.1 Å². The summed E-state index contributed by atoms with van der Waals surface area (Å²) in [5.74, 6) is -3.15. The summed E-state index contributed by atoms with van der Waals surface area (Å²) in [6.45, 7) is 0. The van der Waals surface area contributed by atoms with E-state index < -0.39 is 35.1 Å². The Bertz CT molecular complexity index is 771. The van der Waals surface area contributed by atoms with Gasteiger partial charge in [0.05, 0.1) is 11.1 Å². The summed E-state index contributed by atoms with van der Waals surface area (Å²) in [5, 5.41) is 0. The molecule has 2 aromatic rings. The molecule has 1 aliphatic carbocycles. The Morgan fingerprint density at radius 1 is 0.571 bits per heavy atom. The fraction of sp³-hybridized carbons (Fsp3) is 0.400. The maximum atomic E-state index is 13.4. The summed E-state index contributed by atoms with van der Waals surface area (Å²) >= 11 is 0. The Morgan fingerprint density at radius 3 is 1.18 bits per heavy atom. The van der Waals surface area contributed by atoms with Crippen molar-refractivity contribution < 1.29 is 35.1 Å². The second-order valence-electron chi connectivity index (χ2n) is 7.02. The smallest absolute Gasteiger partial charge is 0.206 e. The van der Waals surface area contributed by atoms with E-state index in [1.807, 2.05) is 0 Å². The van der Waals surface area contributed by atoms with Gasteiger partial charge in [0.1, 0.15) is 11.6 Å². The van der Waals surface area contributed by atoms with Gasteiger partial charge in [0.15, 0.2) is 0 Å². The van der Waals surface area contributed by atoms with Gasteiger partial charge in [-0.05, 0) is 72.9 Å². The van der Waals surface area contributed by atoms with Gasteiger partial charge in [-0.3, -0.25) is 0 Å². The van der Waals surface area contributed by atoms with Crippen molar-refractivity contribution in [1.82, 2.24) is 0 Å². The van der Waals surface area contributed by atoms with E-state index in [-0.39, 0.29) is 11.8 Å². The monoisotopic (exact) mass is 408 g/mol. The maximum Gasteiger partial charge on any atom is 0.419 e. The number of benzene rings is 2. The third kappa shape index (κ3) is 4.31. The van der Waals surface area contributed by atoms with Crippen molar-refractivity contribution in [2.75, 3.05) is 0 Å². The molecule has 1 saturated carbocycles. The lowest BCUT2D eigenvalue weighted by atomic mass is 9.75. The molecular formula is C20H16F8. The molecule has 0 bridgehead atoms. The molecule has 1 fully saturated rings. The van der Waals surface area contributed by atoms with Gasteiger partial charge in [-0.25, -0.2) is 8.78 Å². The van der Waals surface area contributed by atoms with Crippen molar-refractivity contribution in [1.29, 1.82) is 0 Å². The lowest BCUT2D eigenvalue weighted by Gasteiger charge is -2.30. The molecule has 0 atom stereocenters. The minimum atomic E-state index is -4.79. The maximum absolute atomic E-state index is 13.4. The standard InChI is InChI=1S/C20H16F8/c21-17-7-5-13(9-15(17)19(23,24)25)11-1-2-12(4-3-11)14-6-8-18(22)16(10-14)20(26,27)28/h5-12H,1-4H2. The summed E-state index contributed by atoms with van der Waals surface area (Å²) in [5.41, 5.74) is -1.91. The molecule has 0 nitrogen and oxygen atoms in total. The summed E-state index contributed by atoms with van der Waals surface area (Å²) in [7, 11) is 0. The number of rotatable bonds is 2. The number of hydrogen-bond acceptors (Lipinski definition) is 0. The zero-order valence-electron chi connectivity index (χ0n) is 14.5. The Balaban J connectivity index is 1.75. The molecule has 0 N–H and O–H groups in total. The molecular weight excluding hydrogens is 392 g/mol. The van der Waals surface area contributed by atoms with Crippen molar-refractivity contribution in [2.24, 2.45) is 0 Å². The highest BCUT2D eigenvalue weighted by Crippen LogP contribution is 2.43. The molecule has 0 aromatic heterocycles. The SMILES string of the molecule is Fc1ccc(C2CCC(c3ccc(F)c(C(F)(F)F)c3)CC2)cc1C(F)(F)F. The van der Waals surface area contributed by atoms with E-state index in [1.54, 1.807) is 0 Å². The minimum Gasteiger partial charge on any atom is -0.206 e. The molecule has 0 radical (unpaired) electrons. The van der Waals surface area contributed by atoms with Gasteiger partial charge in [0.25, 0.3) is 0 Å². The topological polar surface area (TPSA) is 0 Å². The molecule has 1 aliphatic rings. The molecule has 0 saturated heterocycles. The summed E-state index contributed by atoms with van der Waals surface area (Å²) in [4.78, 5) is 0. The van der Waals surface area contributed by atoms with E-state index in [0.717, 1.165) is 24.3 Å². The number of alkyl halides is 6. The molecule has 0 heterocycles. The summed E-state index contributed by atoms with van der Waals surface area (Å²) < 4.78 is 104. The zero-order valence-corrected chi connectivity index (χ0v) is 14.5. The molecule has 0 unspecified atom stereocenters. The van der Waals surface area contributed by atoms with Gasteiger partial charge in [-0.15, -0.1) is 0 Å². The van der Waals surface area contributed by atoms with Gasteiger partial charge in [-0.2, -0.15) is 26.3 Å². The first-order chi connectivity index (χ1) is 13.0. The lowest BCUT2D eigenvalue weighted by molar-refractivity contribution is -0.140. The lowest BCUT2D eigenvalue weighted by Crippen LogP contribution is -2.15. The average molecular weight is 408 g/mol. The van der Waals surface area contributed by atoms with E-state index >= 15 is 0 Å². The van der Waals surface area contributed by atoms with Gasteiger partial charge >= 0.3 is 12.4 Å². The quantitative estimate of drug-likeness (QED) is 0.453. The molecule has 0 amide bonds. The Labute approximate surface area is 156 Å². The molecule has 2 aromatic carbocycles. The predicted molar refractivity (Wildman–Crippen MR) is 86.8 cm³/mol. The van der Waals surface area contributed by atoms with Crippen molar-refractivity contribution in [3.63, 3.8) is 0 Å². The fourth-order valence-corrected chi connectivity index (χ4v) is 3.79. The second kappa shape index (κ2) is 7.37. The Hall–Kier alpha value is -2.12.